The second-order valence-electron chi connectivity index (χ2n) is 3.76. The fourth-order valence-corrected chi connectivity index (χ4v) is 1.39. The van der Waals surface area contributed by atoms with Crippen molar-refractivity contribution in [2.24, 2.45) is 0 Å². The number of carbonyl (C=O) groups is 2. The van der Waals surface area contributed by atoms with Crippen molar-refractivity contribution in [2.45, 2.75) is 20.5 Å². The Balaban J connectivity index is 2.72. The lowest BCUT2D eigenvalue weighted by Crippen LogP contribution is -2.13. The molecule has 20 heavy (non-hydrogen) atoms. The van der Waals surface area contributed by atoms with Crippen LogP contribution in [-0.4, -0.2) is 25.2 Å². The van der Waals surface area contributed by atoms with Crippen LogP contribution >= 0.6 is 0 Å². The lowest BCUT2D eigenvalue weighted by Gasteiger charge is -2.09. The topological polar surface area (TPSA) is 61.8 Å². The molecule has 0 radical (unpaired) electrons. The third-order valence-corrected chi connectivity index (χ3v) is 2.25. The molecule has 0 aliphatic carbocycles. The zero-order chi connectivity index (χ0) is 14.8. The van der Waals surface area contributed by atoms with Gasteiger partial charge in [0.2, 0.25) is 5.76 Å². The molecule has 0 aliphatic rings. The Labute approximate surface area is 118 Å². The van der Waals surface area contributed by atoms with Gasteiger partial charge in [-0.2, -0.15) is 0 Å². The molecule has 0 aliphatic heterocycles. The van der Waals surface area contributed by atoms with Gasteiger partial charge in [0, 0.05) is 0 Å². The van der Waals surface area contributed by atoms with Crippen LogP contribution in [0.5, 0.6) is 0 Å². The lowest BCUT2D eigenvalue weighted by molar-refractivity contribution is -0.144. The van der Waals surface area contributed by atoms with E-state index in [0.717, 1.165) is 11.6 Å². The molecule has 0 atom stereocenters. The average molecular weight is 278 g/mol. The number of carbonyl (C=O) groups excluding carboxylic acids is 2. The van der Waals surface area contributed by atoms with E-state index in [4.69, 9.17) is 14.2 Å². The van der Waals surface area contributed by atoms with Gasteiger partial charge in [0.25, 0.3) is 0 Å². The summed E-state index contributed by atoms with van der Waals surface area (Å²) in [6, 6.07) is 9.31. The molecule has 108 valence electrons. The van der Waals surface area contributed by atoms with Crippen LogP contribution in [0.1, 0.15) is 19.4 Å². The maximum absolute atomic E-state index is 11.7. The van der Waals surface area contributed by atoms with Crippen LogP contribution in [0.2, 0.25) is 0 Å². The average Bonchev–Trinajstić information content (AvgIpc) is 2.45. The van der Waals surface area contributed by atoms with E-state index in [9.17, 15) is 9.59 Å². The number of rotatable bonds is 7. The first-order valence-corrected chi connectivity index (χ1v) is 6.39. The molecule has 0 spiro atoms. The first-order valence-electron chi connectivity index (χ1n) is 6.39. The zero-order valence-corrected chi connectivity index (χ0v) is 11.6. The van der Waals surface area contributed by atoms with Gasteiger partial charge in [-0.3, -0.25) is 0 Å². The van der Waals surface area contributed by atoms with Gasteiger partial charge in [0.1, 0.15) is 6.61 Å². The van der Waals surface area contributed by atoms with Gasteiger partial charge < -0.3 is 14.2 Å². The Bertz CT molecular complexity index is 464. The van der Waals surface area contributed by atoms with Crippen molar-refractivity contribution in [2.75, 3.05) is 13.2 Å². The lowest BCUT2D eigenvalue weighted by atomic mass is 10.2. The summed E-state index contributed by atoms with van der Waals surface area (Å²) < 4.78 is 14.9. The van der Waals surface area contributed by atoms with Crippen molar-refractivity contribution in [3.63, 3.8) is 0 Å². The normalized spacial score (nSPS) is 10.8. The SMILES string of the molecule is CCOC(=O)/C=C(\OCc1ccccc1)C(=O)OCC. The van der Waals surface area contributed by atoms with E-state index in [2.05, 4.69) is 0 Å². The standard InChI is InChI=1S/C15H18O5/c1-3-18-14(16)10-13(15(17)19-4-2)20-11-12-8-6-5-7-9-12/h5-10H,3-4,11H2,1-2H3/b13-10-. The molecule has 0 aromatic heterocycles. The summed E-state index contributed by atoms with van der Waals surface area (Å²) in [5.41, 5.74) is 0.881. The van der Waals surface area contributed by atoms with Crippen LogP contribution in [0.4, 0.5) is 0 Å². The van der Waals surface area contributed by atoms with E-state index in [1.807, 2.05) is 30.3 Å². The molecule has 1 rings (SSSR count). The second kappa shape index (κ2) is 8.74. The van der Waals surface area contributed by atoms with E-state index < -0.39 is 11.9 Å². The van der Waals surface area contributed by atoms with Crippen LogP contribution in [-0.2, 0) is 30.4 Å². The summed E-state index contributed by atoms with van der Waals surface area (Å²) in [4.78, 5) is 23.1. The van der Waals surface area contributed by atoms with Gasteiger partial charge >= 0.3 is 11.9 Å². The molecular weight excluding hydrogens is 260 g/mol. The number of esters is 2. The van der Waals surface area contributed by atoms with Crippen molar-refractivity contribution in [3.8, 4) is 0 Å². The summed E-state index contributed by atoms with van der Waals surface area (Å²) >= 11 is 0. The molecule has 1 aromatic carbocycles. The van der Waals surface area contributed by atoms with E-state index in [-0.39, 0.29) is 25.6 Å². The highest BCUT2D eigenvalue weighted by atomic mass is 16.6. The first-order chi connectivity index (χ1) is 9.67. The Morgan fingerprint density at radius 3 is 2.25 bits per heavy atom. The maximum Gasteiger partial charge on any atom is 0.373 e. The summed E-state index contributed by atoms with van der Waals surface area (Å²) in [6.07, 6.45) is 1.00. The van der Waals surface area contributed by atoms with E-state index in [0.29, 0.717) is 0 Å². The van der Waals surface area contributed by atoms with Crippen molar-refractivity contribution in [1.82, 2.24) is 0 Å². The predicted octanol–water partition coefficient (Wildman–Crippen LogP) is 2.21. The second-order valence-corrected chi connectivity index (χ2v) is 3.76. The number of hydrogen-bond donors (Lipinski definition) is 0. The van der Waals surface area contributed by atoms with Crippen LogP contribution < -0.4 is 0 Å². The minimum absolute atomic E-state index is 0.158. The Morgan fingerprint density at radius 2 is 1.65 bits per heavy atom. The van der Waals surface area contributed by atoms with Crippen LogP contribution in [0.25, 0.3) is 0 Å². The fourth-order valence-electron chi connectivity index (χ4n) is 1.39. The highest BCUT2D eigenvalue weighted by molar-refractivity contribution is 5.94. The largest absolute Gasteiger partial charge is 0.481 e. The maximum atomic E-state index is 11.7. The van der Waals surface area contributed by atoms with E-state index in [1.54, 1.807) is 13.8 Å². The molecule has 0 amide bonds. The third kappa shape index (κ3) is 5.56. The molecule has 0 saturated heterocycles. The minimum Gasteiger partial charge on any atom is -0.481 e. The molecule has 5 nitrogen and oxygen atoms in total. The summed E-state index contributed by atoms with van der Waals surface area (Å²) in [5.74, 6) is -1.48. The summed E-state index contributed by atoms with van der Waals surface area (Å²) in [5, 5.41) is 0. The third-order valence-electron chi connectivity index (χ3n) is 2.25. The van der Waals surface area contributed by atoms with E-state index in [1.165, 1.54) is 0 Å². The monoisotopic (exact) mass is 278 g/mol. The van der Waals surface area contributed by atoms with Gasteiger partial charge in [-0.25, -0.2) is 9.59 Å². The van der Waals surface area contributed by atoms with Crippen molar-refractivity contribution >= 4 is 11.9 Å². The minimum atomic E-state index is -0.684. The molecule has 0 unspecified atom stereocenters. The number of hydrogen-bond acceptors (Lipinski definition) is 5. The van der Waals surface area contributed by atoms with Crippen molar-refractivity contribution in [1.29, 1.82) is 0 Å². The molecule has 0 N–H and O–H groups in total. The van der Waals surface area contributed by atoms with Crippen LogP contribution in [0.15, 0.2) is 42.2 Å². The van der Waals surface area contributed by atoms with Gasteiger partial charge in [-0.15, -0.1) is 0 Å². The zero-order valence-electron chi connectivity index (χ0n) is 11.6. The molecule has 0 heterocycles. The predicted molar refractivity (Wildman–Crippen MR) is 72.6 cm³/mol. The molecule has 1 aromatic rings. The fraction of sp³-hybridized carbons (Fsp3) is 0.333. The quantitative estimate of drug-likeness (QED) is 0.435. The molecule has 0 fully saturated rings. The van der Waals surface area contributed by atoms with Gasteiger partial charge in [-0.1, -0.05) is 30.3 Å². The highest BCUT2D eigenvalue weighted by Gasteiger charge is 2.15. The van der Waals surface area contributed by atoms with Crippen molar-refractivity contribution in [3.05, 3.63) is 47.7 Å². The van der Waals surface area contributed by atoms with Crippen molar-refractivity contribution < 1.29 is 23.8 Å². The molecular formula is C15H18O5. The first kappa shape index (κ1) is 15.8. The molecule has 5 heteroatoms. The summed E-state index contributed by atoms with van der Waals surface area (Å²) in [7, 11) is 0. The number of ether oxygens (including phenoxy) is 3. The molecule has 0 saturated carbocycles. The smallest absolute Gasteiger partial charge is 0.373 e. The Morgan fingerprint density at radius 1 is 1.00 bits per heavy atom. The van der Waals surface area contributed by atoms with Gasteiger partial charge in [0.05, 0.1) is 19.3 Å². The van der Waals surface area contributed by atoms with E-state index >= 15 is 0 Å². The highest BCUT2D eigenvalue weighted by Crippen LogP contribution is 2.08. The molecule has 0 bridgehead atoms. The Hall–Kier alpha value is -2.30. The van der Waals surface area contributed by atoms with Gasteiger partial charge in [-0.05, 0) is 19.4 Å². The summed E-state index contributed by atoms with van der Waals surface area (Å²) in [6.45, 7) is 3.96. The Kier molecular flexibility index (Phi) is 6.89. The number of benzene rings is 1. The van der Waals surface area contributed by atoms with Gasteiger partial charge in [0.15, 0.2) is 0 Å². The van der Waals surface area contributed by atoms with Crippen LogP contribution in [0, 0.1) is 0 Å². The van der Waals surface area contributed by atoms with Crippen LogP contribution in [0.3, 0.4) is 0 Å².